The van der Waals surface area contributed by atoms with E-state index in [1.807, 2.05) is 0 Å². The Balaban J connectivity index is 1.98. The van der Waals surface area contributed by atoms with Crippen molar-refractivity contribution in [3.8, 4) is 11.3 Å². The van der Waals surface area contributed by atoms with Gasteiger partial charge in [0.15, 0.2) is 0 Å². The highest BCUT2D eigenvalue weighted by atomic mass is 127. The van der Waals surface area contributed by atoms with Crippen LogP contribution in [0.25, 0.3) is 11.3 Å². The van der Waals surface area contributed by atoms with Gasteiger partial charge in [-0.05, 0) is 40.8 Å². The third-order valence-electron chi connectivity index (χ3n) is 3.44. The molecule has 0 aliphatic rings. The molecule has 4 nitrogen and oxygen atoms in total. The molecule has 3 rings (SSSR count). The summed E-state index contributed by atoms with van der Waals surface area (Å²) >= 11 is 7.74. The fourth-order valence-corrected chi connectivity index (χ4v) is 2.87. The second-order valence-electron chi connectivity index (χ2n) is 5.25. The summed E-state index contributed by atoms with van der Waals surface area (Å²) in [6, 6.07) is 9.11. The molecule has 0 atom stereocenters. The monoisotopic (exact) mass is 473 g/mol. The van der Waals surface area contributed by atoms with E-state index in [4.69, 9.17) is 11.6 Å². The lowest BCUT2D eigenvalue weighted by Crippen LogP contribution is -2.13. The van der Waals surface area contributed by atoms with Crippen molar-refractivity contribution >= 4 is 45.8 Å². The number of benzene rings is 2. The van der Waals surface area contributed by atoms with Gasteiger partial charge < -0.3 is 5.32 Å². The lowest BCUT2D eigenvalue weighted by Gasteiger charge is -2.08. The molecule has 0 saturated carbocycles. The molecule has 1 N–H and O–H groups in total. The fourth-order valence-electron chi connectivity index (χ4n) is 2.33. The van der Waals surface area contributed by atoms with Crippen LogP contribution in [0.3, 0.4) is 0 Å². The van der Waals surface area contributed by atoms with Crippen LogP contribution in [0.2, 0.25) is 5.02 Å². The SMILES string of the molecule is Cn1cc(C(=O)Nc2cc(F)c(I)c(F)c2)c(-c2ccccc2Cl)n1. The molecule has 0 radical (unpaired) electrons. The number of aryl methyl sites for hydroxylation is 1. The number of hydrogen-bond acceptors (Lipinski definition) is 2. The van der Waals surface area contributed by atoms with E-state index in [-0.39, 0.29) is 14.8 Å². The normalized spacial score (nSPS) is 10.8. The van der Waals surface area contributed by atoms with Crippen molar-refractivity contribution < 1.29 is 13.6 Å². The van der Waals surface area contributed by atoms with Gasteiger partial charge in [-0.25, -0.2) is 8.78 Å². The van der Waals surface area contributed by atoms with E-state index in [0.717, 1.165) is 12.1 Å². The Kier molecular flexibility index (Phi) is 5.05. The van der Waals surface area contributed by atoms with E-state index in [2.05, 4.69) is 10.4 Å². The number of halogens is 4. The third kappa shape index (κ3) is 3.67. The number of nitrogens with one attached hydrogen (secondary N) is 1. The van der Waals surface area contributed by atoms with Gasteiger partial charge in [0, 0.05) is 24.5 Å². The zero-order valence-corrected chi connectivity index (χ0v) is 15.8. The number of amides is 1. The van der Waals surface area contributed by atoms with Crippen LogP contribution in [0.4, 0.5) is 14.5 Å². The van der Waals surface area contributed by atoms with Gasteiger partial charge in [0.25, 0.3) is 5.91 Å². The molecule has 0 fully saturated rings. The standard InChI is InChI=1S/C17H11ClF2IN3O/c1-24-8-11(16(23-24)10-4-2-3-5-12(10)18)17(25)22-9-6-13(19)15(21)14(20)7-9/h2-8H,1H3,(H,22,25). The molecule has 1 aromatic heterocycles. The quantitative estimate of drug-likeness (QED) is 0.436. The van der Waals surface area contributed by atoms with Gasteiger partial charge in [0.2, 0.25) is 0 Å². The van der Waals surface area contributed by atoms with Crippen LogP contribution in [-0.2, 0) is 7.05 Å². The van der Waals surface area contributed by atoms with Gasteiger partial charge in [0.05, 0.1) is 14.2 Å². The molecular weight excluding hydrogens is 463 g/mol. The van der Waals surface area contributed by atoms with E-state index in [1.54, 1.807) is 53.9 Å². The topological polar surface area (TPSA) is 46.9 Å². The maximum absolute atomic E-state index is 13.7. The predicted octanol–water partition coefficient (Wildman–Crippen LogP) is 4.88. The number of carbonyl (C=O) groups is 1. The van der Waals surface area contributed by atoms with E-state index >= 15 is 0 Å². The number of aromatic nitrogens is 2. The van der Waals surface area contributed by atoms with Crippen LogP contribution in [0.1, 0.15) is 10.4 Å². The summed E-state index contributed by atoms with van der Waals surface area (Å²) in [6.07, 6.45) is 1.52. The Morgan fingerprint density at radius 3 is 2.52 bits per heavy atom. The van der Waals surface area contributed by atoms with Crippen molar-refractivity contribution in [1.82, 2.24) is 9.78 Å². The molecule has 8 heteroatoms. The van der Waals surface area contributed by atoms with Crippen molar-refractivity contribution in [2.24, 2.45) is 7.05 Å². The first-order chi connectivity index (χ1) is 11.9. The number of nitrogens with zero attached hydrogens (tertiary/aromatic N) is 2. The molecule has 3 aromatic rings. The molecule has 0 spiro atoms. The van der Waals surface area contributed by atoms with Crippen LogP contribution in [0.15, 0.2) is 42.6 Å². The van der Waals surface area contributed by atoms with E-state index in [0.29, 0.717) is 16.3 Å². The molecule has 1 heterocycles. The van der Waals surface area contributed by atoms with E-state index < -0.39 is 17.5 Å². The second kappa shape index (κ2) is 7.09. The number of anilines is 1. The average molecular weight is 474 g/mol. The average Bonchev–Trinajstić information content (AvgIpc) is 2.95. The van der Waals surface area contributed by atoms with E-state index in [1.165, 1.54) is 10.9 Å². The summed E-state index contributed by atoms with van der Waals surface area (Å²) in [5.41, 5.74) is 1.25. The third-order valence-corrected chi connectivity index (χ3v) is 4.80. The molecule has 2 aromatic carbocycles. The van der Waals surface area contributed by atoms with Crippen molar-refractivity contribution in [1.29, 1.82) is 0 Å². The van der Waals surface area contributed by atoms with Crippen molar-refractivity contribution in [2.45, 2.75) is 0 Å². The lowest BCUT2D eigenvalue weighted by atomic mass is 10.1. The van der Waals surface area contributed by atoms with Gasteiger partial charge in [-0.1, -0.05) is 29.8 Å². The van der Waals surface area contributed by atoms with Crippen LogP contribution in [0.5, 0.6) is 0 Å². The molecule has 0 saturated heterocycles. The lowest BCUT2D eigenvalue weighted by molar-refractivity contribution is 0.102. The predicted molar refractivity (Wildman–Crippen MR) is 101 cm³/mol. The van der Waals surface area contributed by atoms with Crippen molar-refractivity contribution in [3.63, 3.8) is 0 Å². The number of rotatable bonds is 3. The highest BCUT2D eigenvalue weighted by molar-refractivity contribution is 14.1. The summed E-state index contributed by atoms with van der Waals surface area (Å²) in [4.78, 5) is 12.6. The van der Waals surface area contributed by atoms with Crippen molar-refractivity contribution in [3.05, 3.63) is 68.4 Å². The van der Waals surface area contributed by atoms with Crippen molar-refractivity contribution in [2.75, 3.05) is 5.32 Å². The van der Waals surface area contributed by atoms with Crippen LogP contribution < -0.4 is 5.32 Å². The Bertz CT molecular complexity index is 951. The minimum Gasteiger partial charge on any atom is -0.322 e. The van der Waals surface area contributed by atoms with Crippen LogP contribution in [-0.4, -0.2) is 15.7 Å². The van der Waals surface area contributed by atoms with E-state index in [9.17, 15) is 13.6 Å². The number of hydrogen-bond donors (Lipinski definition) is 1. The maximum Gasteiger partial charge on any atom is 0.259 e. The molecule has 0 unspecified atom stereocenters. The smallest absolute Gasteiger partial charge is 0.259 e. The number of carbonyl (C=O) groups excluding carboxylic acids is 1. The Morgan fingerprint density at radius 2 is 1.88 bits per heavy atom. The first-order valence-corrected chi connectivity index (χ1v) is 8.57. The van der Waals surface area contributed by atoms with Crippen LogP contribution >= 0.6 is 34.2 Å². The highest BCUT2D eigenvalue weighted by Crippen LogP contribution is 2.29. The first kappa shape index (κ1) is 17.8. The van der Waals surface area contributed by atoms with Gasteiger partial charge in [0.1, 0.15) is 17.3 Å². The molecule has 0 aliphatic heterocycles. The molecule has 0 bridgehead atoms. The largest absolute Gasteiger partial charge is 0.322 e. The molecule has 128 valence electrons. The van der Waals surface area contributed by atoms with Gasteiger partial charge in [-0.2, -0.15) is 5.10 Å². The minimum absolute atomic E-state index is 0.0226. The zero-order valence-electron chi connectivity index (χ0n) is 12.9. The summed E-state index contributed by atoms with van der Waals surface area (Å²) < 4.78 is 28.7. The molecule has 0 aliphatic carbocycles. The van der Waals surface area contributed by atoms with Gasteiger partial charge in [-0.15, -0.1) is 0 Å². The fraction of sp³-hybridized carbons (Fsp3) is 0.0588. The Morgan fingerprint density at radius 1 is 1.24 bits per heavy atom. The zero-order chi connectivity index (χ0) is 18.1. The van der Waals surface area contributed by atoms with Gasteiger partial charge in [-0.3, -0.25) is 9.48 Å². The Labute approximate surface area is 160 Å². The summed E-state index contributed by atoms with van der Waals surface area (Å²) in [7, 11) is 1.67. The summed E-state index contributed by atoms with van der Waals surface area (Å²) in [6.45, 7) is 0. The maximum atomic E-state index is 13.7. The summed E-state index contributed by atoms with van der Waals surface area (Å²) in [5, 5.41) is 7.21. The summed E-state index contributed by atoms with van der Waals surface area (Å²) in [5.74, 6) is -2.02. The Hall–Kier alpha value is -2.00. The first-order valence-electron chi connectivity index (χ1n) is 7.11. The van der Waals surface area contributed by atoms with Crippen LogP contribution in [0, 0.1) is 15.2 Å². The second-order valence-corrected chi connectivity index (χ2v) is 6.74. The highest BCUT2D eigenvalue weighted by Gasteiger charge is 2.20. The minimum atomic E-state index is -0.742. The molecule has 25 heavy (non-hydrogen) atoms. The molecular formula is C17H11ClF2IN3O. The van der Waals surface area contributed by atoms with Gasteiger partial charge >= 0.3 is 0 Å². The molecule has 1 amide bonds.